The average molecular weight is 460 g/mol. The molecule has 32 heavy (non-hydrogen) atoms. The van der Waals surface area contributed by atoms with Gasteiger partial charge in [-0.25, -0.2) is 13.4 Å². The van der Waals surface area contributed by atoms with E-state index in [-0.39, 0.29) is 43.7 Å². The zero-order valence-corrected chi connectivity index (χ0v) is 19.2. The van der Waals surface area contributed by atoms with Crippen molar-refractivity contribution in [2.45, 2.75) is 12.7 Å². The topological polar surface area (TPSA) is 103 Å². The SMILES string of the molecule is Cc1cccc(NC(=O)CN(C)CC(=O)N2CCN(S(=O)(=O)Cc3ccccc3)CC2)n1. The van der Waals surface area contributed by atoms with Crippen LogP contribution in [0.1, 0.15) is 11.3 Å². The molecule has 0 radical (unpaired) electrons. The van der Waals surface area contributed by atoms with E-state index in [1.807, 2.05) is 37.3 Å². The van der Waals surface area contributed by atoms with Crippen LogP contribution in [0, 0.1) is 6.92 Å². The Bertz CT molecular complexity index is 1040. The minimum absolute atomic E-state index is 0.0462. The van der Waals surface area contributed by atoms with E-state index in [1.54, 1.807) is 35.0 Å². The Morgan fingerprint density at radius 2 is 1.69 bits per heavy atom. The van der Waals surface area contributed by atoms with Crippen LogP contribution < -0.4 is 5.32 Å². The number of hydrogen-bond donors (Lipinski definition) is 1. The molecule has 172 valence electrons. The van der Waals surface area contributed by atoms with Crippen molar-refractivity contribution in [3.05, 3.63) is 59.8 Å². The first-order valence-corrected chi connectivity index (χ1v) is 12.1. The van der Waals surface area contributed by atoms with Gasteiger partial charge in [-0.05, 0) is 31.7 Å². The largest absolute Gasteiger partial charge is 0.339 e. The lowest BCUT2D eigenvalue weighted by Crippen LogP contribution is -2.52. The number of benzene rings is 1. The van der Waals surface area contributed by atoms with Crippen LogP contribution in [0.5, 0.6) is 0 Å². The standard InChI is InChI=1S/C22H29N5O4S/c1-18-7-6-10-20(23-18)24-21(28)15-25(2)16-22(29)26-11-13-27(14-12-26)32(30,31)17-19-8-4-3-5-9-19/h3-10H,11-17H2,1-2H3,(H,23,24,28). The van der Waals surface area contributed by atoms with Gasteiger partial charge in [0, 0.05) is 31.9 Å². The van der Waals surface area contributed by atoms with Gasteiger partial charge in [0.05, 0.1) is 18.8 Å². The zero-order chi connectivity index (χ0) is 23.1. The average Bonchev–Trinajstić information content (AvgIpc) is 2.74. The van der Waals surface area contributed by atoms with Crippen molar-refractivity contribution in [3.63, 3.8) is 0 Å². The van der Waals surface area contributed by atoms with Crippen LogP contribution in [0.15, 0.2) is 48.5 Å². The number of hydrogen-bond acceptors (Lipinski definition) is 6. The van der Waals surface area contributed by atoms with E-state index in [0.29, 0.717) is 18.9 Å². The summed E-state index contributed by atoms with van der Waals surface area (Å²) in [5, 5.41) is 2.72. The number of rotatable bonds is 8. The number of pyridine rings is 1. The molecule has 0 unspecified atom stereocenters. The maximum absolute atomic E-state index is 12.7. The minimum Gasteiger partial charge on any atom is -0.339 e. The van der Waals surface area contributed by atoms with E-state index in [1.165, 1.54) is 4.31 Å². The maximum atomic E-state index is 12.7. The van der Waals surface area contributed by atoms with Crippen molar-refractivity contribution in [1.29, 1.82) is 0 Å². The monoisotopic (exact) mass is 459 g/mol. The molecule has 1 aliphatic rings. The number of piperazine rings is 1. The Balaban J connectivity index is 1.44. The van der Waals surface area contributed by atoms with Crippen molar-refractivity contribution >= 4 is 27.7 Å². The van der Waals surface area contributed by atoms with E-state index in [2.05, 4.69) is 10.3 Å². The quantitative estimate of drug-likeness (QED) is 0.630. The van der Waals surface area contributed by atoms with Gasteiger partial charge in [-0.15, -0.1) is 0 Å². The van der Waals surface area contributed by atoms with Crippen LogP contribution in [0.3, 0.4) is 0 Å². The second kappa shape index (κ2) is 10.7. The van der Waals surface area contributed by atoms with Gasteiger partial charge < -0.3 is 10.2 Å². The highest BCUT2D eigenvalue weighted by Gasteiger charge is 2.29. The van der Waals surface area contributed by atoms with Crippen molar-refractivity contribution < 1.29 is 18.0 Å². The fourth-order valence-electron chi connectivity index (χ4n) is 3.52. The molecule has 1 aliphatic heterocycles. The van der Waals surface area contributed by atoms with Gasteiger partial charge in [0.15, 0.2) is 0 Å². The summed E-state index contributed by atoms with van der Waals surface area (Å²) in [6.07, 6.45) is 0. The summed E-state index contributed by atoms with van der Waals surface area (Å²) in [6.45, 7) is 3.17. The van der Waals surface area contributed by atoms with Gasteiger partial charge >= 0.3 is 0 Å². The second-order valence-electron chi connectivity index (χ2n) is 7.91. The molecule has 2 heterocycles. The number of amides is 2. The van der Waals surface area contributed by atoms with Gasteiger partial charge in [0.25, 0.3) is 0 Å². The smallest absolute Gasteiger partial charge is 0.239 e. The van der Waals surface area contributed by atoms with Crippen LogP contribution in [0.25, 0.3) is 0 Å². The molecule has 2 aromatic rings. The van der Waals surface area contributed by atoms with Gasteiger partial charge in [-0.2, -0.15) is 4.31 Å². The normalized spacial score (nSPS) is 15.0. The van der Waals surface area contributed by atoms with Gasteiger partial charge in [0.2, 0.25) is 21.8 Å². The number of carbonyl (C=O) groups is 2. The highest BCUT2D eigenvalue weighted by molar-refractivity contribution is 7.88. The van der Waals surface area contributed by atoms with Crippen molar-refractivity contribution in [2.24, 2.45) is 0 Å². The Morgan fingerprint density at radius 1 is 1.00 bits per heavy atom. The van der Waals surface area contributed by atoms with Crippen LogP contribution in [-0.2, 0) is 25.4 Å². The Morgan fingerprint density at radius 3 is 2.34 bits per heavy atom. The Hall–Kier alpha value is -2.82. The molecule has 0 atom stereocenters. The number of sulfonamides is 1. The molecule has 3 rings (SSSR count). The first-order valence-electron chi connectivity index (χ1n) is 10.4. The predicted molar refractivity (Wildman–Crippen MR) is 122 cm³/mol. The molecule has 0 aliphatic carbocycles. The molecule has 10 heteroatoms. The van der Waals surface area contributed by atoms with Gasteiger partial charge in [-0.3, -0.25) is 14.5 Å². The number of likely N-dealkylation sites (N-methyl/N-ethyl adjacent to an activating group) is 1. The van der Waals surface area contributed by atoms with Gasteiger partial charge in [-0.1, -0.05) is 36.4 Å². The fraction of sp³-hybridized carbons (Fsp3) is 0.409. The molecule has 1 fully saturated rings. The summed E-state index contributed by atoms with van der Waals surface area (Å²) in [7, 11) is -1.74. The number of carbonyl (C=O) groups excluding carboxylic acids is 2. The summed E-state index contributed by atoms with van der Waals surface area (Å²) in [5.74, 6) is 0.0435. The van der Waals surface area contributed by atoms with Crippen molar-refractivity contribution in [2.75, 3.05) is 51.6 Å². The third-order valence-electron chi connectivity index (χ3n) is 5.15. The summed E-state index contributed by atoms with van der Waals surface area (Å²) in [6, 6.07) is 14.4. The lowest BCUT2D eigenvalue weighted by molar-refractivity contribution is -0.133. The lowest BCUT2D eigenvalue weighted by atomic mass is 10.2. The number of aryl methyl sites for hydroxylation is 1. The molecule has 0 saturated carbocycles. The predicted octanol–water partition coefficient (Wildman–Crippen LogP) is 0.935. The first kappa shape index (κ1) is 23.8. The third kappa shape index (κ3) is 6.84. The number of nitrogens with one attached hydrogen (secondary N) is 1. The van der Waals surface area contributed by atoms with E-state index in [4.69, 9.17) is 0 Å². The third-order valence-corrected chi connectivity index (χ3v) is 7.00. The fourth-order valence-corrected chi connectivity index (χ4v) is 5.03. The Kier molecular flexibility index (Phi) is 7.94. The lowest BCUT2D eigenvalue weighted by Gasteiger charge is -2.34. The molecule has 1 N–H and O–H groups in total. The first-order chi connectivity index (χ1) is 15.2. The molecular formula is C22H29N5O4S. The summed E-state index contributed by atoms with van der Waals surface area (Å²) in [5.41, 5.74) is 1.54. The summed E-state index contributed by atoms with van der Waals surface area (Å²) >= 11 is 0. The number of nitrogens with zero attached hydrogens (tertiary/aromatic N) is 4. The molecule has 0 spiro atoms. The number of anilines is 1. The molecule has 1 aromatic heterocycles. The van der Waals surface area contributed by atoms with Crippen LogP contribution in [0.2, 0.25) is 0 Å². The van der Waals surface area contributed by atoms with E-state index in [9.17, 15) is 18.0 Å². The van der Waals surface area contributed by atoms with E-state index < -0.39 is 10.0 Å². The highest BCUT2D eigenvalue weighted by Crippen LogP contribution is 2.14. The van der Waals surface area contributed by atoms with E-state index in [0.717, 1.165) is 11.3 Å². The molecule has 2 amide bonds. The van der Waals surface area contributed by atoms with Crippen LogP contribution in [0.4, 0.5) is 5.82 Å². The van der Waals surface area contributed by atoms with Crippen LogP contribution >= 0.6 is 0 Å². The van der Waals surface area contributed by atoms with Crippen LogP contribution in [-0.4, -0.2) is 85.6 Å². The molecule has 0 bridgehead atoms. The van der Waals surface area contributed by atoms with Gasteiger partial charge in [0.1, 0.15) is 5.82 Å². The Labute approximate surface area is 189 Å². The molecule has 1 saturated heterocycles. The van der Waals surface area contributed by atoms with Crippen molar-refractivity contribution in [1.82, 2.24) is 19.1 Å². The zero-order valence-electron chi connectivity index (χ0n) is 18.4. The van der Waals surface area contributed by atoms with Crippen molar-refractivity contribution in [3.8, 4) is 0 Å². The highest BCUT2D eigenvalue weighted by atomic mass is 32.2. The maximum Gasteiger partial charge on any atom is 0.239 e. The second-order valence-corrected chi connectivity index (χ2v) is 9.88. The van der Waals surface area contributed by atoms with E-state index >= 15 is 0 Å². The molecule has 1 aromatic carbocycles. The minimum atomic E-state index is -3.43. The molecular weight excluding hydrogens is 430 g/mol. The summed E-state index contributed by atoms with van der Waals surface area (Å²) in [4.78, 5) is 32.3. The summed E-state index contributed by atoms with van der Waals surface area (Å²) < 4.78 is 26.8. The molecule has 9 nitrogen and oxygen atoms in total. The number of aromatic nitrogens is 1.